The number of aromatic carboxylic acids is 1. The highest BCUT2D eigenvalue weighted by atomic mass is 16.4. The number of anilines is 1. The Balaban J connectivity index is 2.20. The number of carbonyl (C=O) groups is 1. The molecule has 0 saturated carbocycles. The third-order valence-corrected chi connectivity index (χ3v) is 3.07. The van der Waals surface area contributed by atoms with Crippen molar-refractivity contribution in [3.05, 3.63) is 47.0 Å². The number of hydrogen-bond acceptors (Lipinski definition) is 4. The number of rotatable bonds is 4. The molecule has 2 heterocycles. The lowest BCUT2D eigenvalue weighted by atomic mass is 10.2. The molecule has 0 fully saturated rings. The number of pyridine rings is 1. The first-order valence-electron chi connectivity index (χ1n) is 5.94. The molecule has 5 nitrogen and oxygen atoms in total. The summed E-state index contributed by atoms with van der Waals surface area (Å²) in [6.45, 7) is 4.28. The summed E-state index contributed by atoms with van der Waals surface area (Å²) in [5.41, 5.74) is 1.83. The Morgan fingerprint density at radius 2 is 2.11 bits per heavy atom. The molecule has 2 rings (SSSR count). The maximum absolute atomic E-state index is 10.9. The number of carboxylic acids is 1. The van der Waals surface area contributed by atoms with Crippen LogP contribution in [0, 0.1) is 13.8 Å². The Hall–Kier alpha value is -2.30. The van der Waals surface area contributed by atoms with E-state index in [1.54, 1.807) is 25.3 Å². The van der Waals surface area contributed by atoms with Gasteiger partial charge in [0.25, 0.3) is 0 Å². The van der Waals surface area contributed by atoms with E-state index in [1.807, 2.05) is 24.9 Å². The van der Waals surface area contributed by atoms with Crippen LogP contribution in [-0.2, 0) is 6.54 Å². The van der Waals surface area contributed by atoms with Crippen LogP contribution in [-0.4, -0.2) is 23.1 Å². The lowest BCUT2D eigenvalue weighted by molar-refractivity contribution is 0.0695. The number of aryl methyl sites for hydroxylation is 2. The highest BCUT2D eigenvalue weighted by molar-refractivity contribution is 5.89. The number of furan rings is 1. The molecule has 2 aromatic rings. The minimum Gasteiger partial charge on any atom is -0.478 e. The van der Waals surface area contributed by atoms with E-state index < -0.39 is 5.97 Å². The van der Waals surface area contributed by atoms with Gasteiger partial charge in [0.05, 0.1) is 17.5 Å². The van der Waals surface area contributed by atoms with Crippen molar-refractivity contribution in [2.24, 2.45) is 0 Å². The number of nitrogens with zero attached hydrogens (tertiary/aromatic N) is 2. The zero-order valence-corrected chi connectivity index (χ0v) is 11.2. The summed E-state index contributed by atoms with van der Waals surface area (Å²) in [6.07, 6.45) is 1.66. The molecule has 0 saturated heterocycles. The fourth-order valence-electron chi connectivity index (χ4n) is 1.90. The van der Waals surface area contributed by atoms with Crippen LogP contribution in [0.2, 0.25) is 0 Å². The highest BCUT2D eigenvalue weighted by Gasteiger charge is 2.12. The van der Waals surface area contributed by atoms with Crippen molar-refractivity contribution < 1.29 is 14.3 Å². The molecule has 0 aliphatic carbocycles. The van der Waals surface area contributed by atoms with E-state index in [0.29, 0.717) is 12.2 Å². The van der Waals surface area contributed by atoms with E-state index >= 15 is 0 Å². The van der Waals surface area contributed by atoms with Gasteiger partial charge < -0.3 is 14.4 Å². The predicted octanol–water partition coefficient (Wildman–Crippen LogP) is 2.63. The average Bonchev–Trinajstić information content (AvgIpc) is 2.74. The topological polar surface area (TPSA) is 66.6 Å². The molecule has 2 aromatic heterocycles. The fraction of sp³-hybridized carbons (Fsp3) is 0.286. The number of hydrogen-bond donors (Lipinski definition) is 1. The first kappa shape index (κ1) is 13.1. The van der Waals surface area contributed by atoms with Crippen LogP contribution < -0.4 is 4.90 Å². The summed E-state index contributed by atoms with van der Waals surface area (Å²) in [5.74, 6) is 0.665. The maximum Gasteiger partial charge on any atom is 0.337 e. The monoisotopic (exact) mass is 260 g/mol. The summed E-state index contributed by atoms with van der Waals surface area (Å²) in [4.78, 5) is 17.2. The van der Waals surface area contributed by atoms with Crippen molar-refractivity contribution in [3.8, 4) is 0 Å². The van der Waals surface area contributed by atoms with Crippen LogP contribution in [0.25, 0.3) is 0 Å². The first-order chi connectivity index (χ1) is 8.99. The van der Waals surface area contributed by atoms with Gasteiger partial charge in [-0.15, -0.1) is 0 Å². The van der Waals surface area contributed by atoms with Gasteiger partial charge in [-0.05, 0) is 32.0 Å². The highest BCUT2D eigenvalue weighted by Crippen LogP contribution is 2.18. The molecule has 19 heavy (non-hydrogen) atoms. The molecular weight excluding hydrogens is 244 g/mol. The second-order valence-corrected chi connectivity index (χ2v) is 4.47. The Morgan fingerprint density at radius 1 is 1.37 bits per heavy atom. The third kappa shape index (κ3) is 2.76. The number of aromatic nitrogens is 1. The standard InChI is InChI=1S/C14H16N2O3/c1-9-12(14(17)18)4-5-13(15-9)16(3)8-11-6-7-19-10(11)2/h4-7H,8H2,1-3H3,(H,17,18). The van der Waals surface area contributed by atoms with Crippen LogP contribution in [0.1, 0.15) is 27.4 Å². The molecule has 0 aromatic carbocycles. The molecular formula is C14H16N2O3. The van der Waals surface area contributed by atoms with Gasteiger partial charge in [0.1, 0.15) is 11.6 Å². The van der Waals surface area contributed by atoms with Crippen molar-refractivity contribution in [1.82, 2.24) is 4.98 Å². The van der Waals surface area contributed by atoms with Crippen LogP contribution in [0.5, 0.6) is 0 Å². The molecule has 0 bridgehead atoms. The second-order valence-electron chi connectivity index (χ2n) is 4.47. The predicted molar refractivity (Wildman–Crippen MR) is 71.5 cm³/mol. The Morgan fingerprint density at radius 3 is 2.63 bits per heavy atom. The summed E-state index contributed by atoms with van der Waals surface area (Å²) < 4.78 is 5.25. The molecule has 0 unspecified atom stereocenters. The summed E-state index contributed by atoms with van der Waals surface area (Å²) in [7, 11) is 1.91. The molecule has 5 heteroatoms. The van der Waals surface area contributed by atoms with Gasteiger partial charge in [0, 0.05) is 19.2 Å². The van der Waals surface area contributed by atoms with E-state index in [9.17, 15) is 4.79 Å². The molecule has 0 aliphatic heterocycles. The van der Waals surface area contributed by atoms with Crippen molar-refractivity contribution in [2.75, 3.05) is 11.9 Å². The van der Waals surface area contributed by atoms with Crippen molar-refractivity contribution in [1.29, 1.82) is 0 Å². The SMILES string of the molecule is Cc1nc(N(C)Cc2ccoc2C)ccc1C(=O)O. The molecule has 0 aliphatic rings. The van der Waals surface area contributed by atoms with Gasteiger partial charge in [0.15, 0.2) is 0 Å². The quantitative estimate of drug-likeness (QED) is 0.915. The van der Waals surface area contributed by atoms with E-state index in [2.05, 4.69) is 4.98 Å². The largest absolute Gasteiger partial charge is 0.478 e. The molecule has 0 radical (unpaired) electrons. The summed E-state index contributed by atoms with van der Waals surface area (Å²) in [5, 5.41) is 8.97. The molecule has 1 N–H and O–H groups in total. The van der Waals surface area contributed by atoms with Crippen molar-refractivity contribution in [2.45, 2.75) is 20.4 Å². The van der Waals surface area contributed by atoms with Crippen LogP contribution in [0.3, 0.4) is 0 Å². The Labute approximate surface area is 111 Å². The van der Waals surface area contributed by atoms with Gasteiger partial charge in [0.2, 0.25) is 0 Å². The van der Waals surface area contributed by atoms with Crippen LogP contribution in [0.15, 0.2) is 28.9 Å². The van der Waals surface area contributed by atoms with Gasteiger partial charge in [-0.25, -0.2) is 9.78 Å². The van der Waals surface area contributed by atoms with E-state index in [0.717, 1.165) is 17.1 Å². The molecule has 0 spiro atoms. The zero-order chi connectivity index (χ0) is 14.0. The number of carboxylic acid groups (broad SMARTS) is 1. The third-order valence-electron chi connectivity index (χ3n) is 3.07. The van der Waals surface area contributed by atoms with Crippen LogP contribution >= 0.6 is 0 Å². The van der Waals surface area contributed by atoms with Gasteiger partial charge in [-0.2, -0.15) is 0 Å². The lowest BCUT2D eigenvalue weighted by Gasteiger charge is -2.18. The fourth-order valence-corrected chi connectivity index (χ4v) is 1.90. The van der Waals surface area contributed by atoms with E-state index in [-0.39, 0.29) is 5.56 Å². The zero-order valence-electron chi connectivity index (χ0n) is 11.2. The summed E-state index contributed by atoms with van der Waals surface area (Å²) in [6, 6.07) is 5.22. The molecule has 0 amide bonds. The lowest BCUT2D eigenvalue weighted by Crippen LogP contribution is -2.18. The Kier molecular flexibility index (Phi) is 3.55. The van der Waals surface area contributed by atoms with Crippen molar-refractivity contribution in [3.63, 3.8) is 0 Å². The van der Waals surface area contributed by atoms with E-state index in [1.165, 1.54) is 0 Å². The first-order valence-corrected chi connectivity index (χ1v) is 5.94. The second kappa shape index (κ2) is 5.14. The Bertz CT molecular complexity index is 604. The normalized spacial score (nSPS) is 10.5. The molecule has 100 valence electrons. The minimum absolute atomic E-state index is 0.233. The smallest absolute Gasteiger partial charge is 0.337 e. The van der Waals surface area contributed by atoms with Gasteiger partial charge in [-0.1, -0.05) is 0 Å². The maximum atomic E-state index is 10.9. The summed E-state index contributed by atoms with van der Waals surface area (Å²) >= 11 is 0. The van der Waals surface area contributed by atoms with Crippen molar-refractivity contribution >= 4 is 11.8 Å². The van der Waals surface area contributed by atoms with Crippen LogP contribution in [0.4, 0.5) is 5.82 Å². The minimum atomic E-state index is -0.954. The van der Waals surface area contributed by atoms with Gasteiger partial charge in [-0.3, -0.25) is 0 Å². The molecule has 0 atom stereocenters. The average molecular weight is 260 g/mol. The van der Waals surface area contributed by atoms with E-state index in [4.69, 9.17) is 9.52 Å². The van der Waals surface area contributed by atoms with Gasteiger partial charge >= 0.3 is 5.97 Å².